The summed E-state index contributed by atoms with van der Waals surface area (Å²) < 4.78 is 35.1. The Hall–Kier alpha value is -4.29. The van der Waals surface area contributed by atoms with Crippen molar-refractivity contribution in [2.24, 2.45) is 0 Å². The highest BCUT2D eigenvalue weighted by Crippen LogP contribution is 2.41. The molecule has 1 saturated carbocycles. The van der Waals surface area contributed by atoms with Gasteiger partial charge in [-0.3, -0.25) is 14.6 Å². The number of methoxy groups -OCH3 is 1. The van der Waals surface area contributed by atoms with Crippen molar-refractivity contribution in [3.05, 3.63) is 81.5 Å². The van der Waals surface area contributed by atoms with Gasteiger partial charge in [-0.2, -0.15) is 0 Å². The van der Waals surface area contributed by atoms with Crippen LogP contribution in [0, 0.1) is 11.6 Å². The SMILES string of the molecule is COc1ccc(-c2ccnc(C(=O)N(C)C)c2)cc1CN(C(=O)c1sc2c(F)ccc(F)c2c1Cl)C1CCC(N(C)C(=O)O)CC1. The number of nitrogens with zero attached hydrogens (tertiary/aromatic N) is 4. The van der Waals surface area contributed by atoms with E-state index in [4.69, 9.17) is 16.3 Å². The minimum atomic E-state index is -1.02. The predicted octanol–water partition coefficient (Wildman–Crippen LogP) is 7.17. The summed E-state index contributed by atoms with van der Waals surface area (Å²) in [5.74, 6) is -1.62. The molecule has 0 aliphatic heterocycles. The highest BCUT2D eigenvalue weighted by Gasteiger charge is 2.35. The molecular formula is C33H33ClF2N4O5S. The molecule has 0 spiro atoms. The second-order valence-electron chi connectivity index (χ2n) is 11.4. The van der Waals surface area contributed by atoms with E-state index < -0.39 is 23.6 Å². The third-order valence-electron chi connectivity index (χ3n) is 8.43. The van der Waals surface area contributed by atoms with E-state index in [1.165, 1.54) is 24.0 Å². The van der Waals surface area contributed by atoms with Gasteiger partial charge in [0.15, 0.2) is 0 Å². The van der Waals surface area contributed by atoms with Gasteiger partial charge >= 0.3 is 6.09 Å². The van der Waals surface area contributed by atoms with Crippen molar-refractivity contribution in [2.45, 2.75) is 44.3 Å². The summed E-state index contributed by atoms with van der Waals surface area (Å²) in [6.07, 6.45) is 2.59. The van der Waals surface area contributed by atoms with Gasteiger partial charge in [0.25, 0.3) is 11.8 Å². The number of hydrogen-bond donors (Lipinski definition) is 1. The third-order valence-corrected chi connectivity index (χ3v) is 10.1. The largest absolute Gasteiger partial charge is 0.496 e. The maximum absolute atomic E-state index is 14.8. The topological polar surface area (TPSA) is 103 Å². The molecule has 13 heteroatoms. The Morgan fingerprint density at radius 2 is 1.61 bits per heavy atom. The summed E-state index contributed by atoms with van der Waals surface area (Å²) in [6.45, 7) is 0.0735. The zero-order valence-corrected chi connectivity index (χ0v) is 27.3. The number of benzene rings is 2. The lowest BCUT2D eigenvalue weighted by molar-refractivity contribution is 0.0555. The second-order valence-corrected chi connectivity index (χ2v) is 12.8. The van der Waals surface area contributed by atoms with Gasteiger partial charge in [-0.25, -0.2) is 13.6 Å². The average Bonchev–Trinajstić information content (AvgIpc) is 3.42. The smallest absolute Gasteiger partial charge is 0.407 e. The number of carbonyl (C=O) groups excluding carboxylic acids is 2. The molecular weight excluding hydrogens is 638 g/mol. The third kappa shape index (κ3) is 6.50. The summed E-state index contributed by atoms with van der Waals surface area (Å²) >= 11 is 7.37. The number of amides is 3. The first kappa shape index (κ1) is 33.1. The maximum Gasteiger partial charge on any atom is 0.407 e. The molecule has 5 rings (SSSR count). The highest BCUT2D eigenvalue weighted by atomic mass is 35.5. The minimum absolute atomic E-state index is 0.0153. The normalized spacial score (nSPS) is 16.2. The molecule has 1 aliphatic carbocycles. The molecule has 0 saturated heterocycles. The Balaban J connectivity index is 1.55. The Morgan fingerprint density at radius 3 is 2.24 bits per heavy atom. The fourth-order valence-electron chi connectivity index (χ4n) is 5.87. The van der Waals surface area contributed by atoms with Gasteiger partial charge < -0.3 is 24.5 Å². The molecule has 0 atom stereocenters. The van der Waals surface area contributed by atoms with Crippen LogP contribution >= 0.6 is 22.9 Å². The van der Waals surface area contributed by atoms with Crippen LogP contribution in [0.3, 0.4) is 0 Å². The van der Waals surface area contributed by atoms with E-state index in [1.807, 2.05) is 12.1 Å². The zero-order valence-electron chi connectivity index (χ0n) is 25.7. The molecule has 1 fully saturated rings. The number of thiophene rings is 1. The molecule has 0 radical (unpaired) electrons. The van der Waals surface area contributed by atoms with E-state index in [-0.39, 0.29) is 50.2 Å². The van der Waals surface area contributed by atoms with Crippen LogP contribution in [0.1, 0.15) is 51.4 Å². The number of hydrogen-bond acceptors (Lipinski definition) is 6. The number of carbonyl (C=O) groups is 3. The van der Waals surface area contributed by atoms with E-state index in [0.29, 0.717) is 37.0 Å². The van der Waals surface area contributed by atoms with Gasteiger partial charge in [0, 0.05) is 51.5 Å². The zero-order chi connectivity index (χ0) is 33.3. The number of aromatic nitrogens is 1. The second kappa shape index (κ2) is 13.6. The van der Waals surface area contributed by atoms with E-state index in [9.17, 15) is 28.3 Å². The van der Waals surface area contributed by atoms with E-state index in [0.717, 1.165) is 34.6 Å². The first-order valence-electron chi connectivity index (χ1n) is 14.6. The summed E-state index contributed by atoms with van der Waals surface area (Å²) in [6, 6.07) is 10.4. The van der Waals surface area contributed by atoms with Crippen LogP contribution in [0.15, 0.2) is 48.7 Å². The van der Waals surface area contributed by atoms with Gasteiger partial charge in [0.2, 0.25) is 0 Å². The van der Waals surface area contributed by atoms with Gasteiger partial charge in [-0.05, 0) is 73.2 Å². The fourth-order valence-corrected chi connectivity index (χ4v) is 7.37. The number of fused-ring (bicyclic) bond motifs is 1. The molecule has 2 aromatic heterocycles. The maximum atomic E-state index is 14.8. The summed E-state index contributed by atoms with van der Waals surface area (Å²) in [5, 5.41) is 9.20. The molecule has 9 nitrogen and oxygen atoms in total. The van der Waals surface area contributed by atoms with Crippen molar-refractivity contribution in [3.8, 4) is 16.9 Å². The standard InChI is InChI=1S/C33H33ClF2N4O5S/c1-38(2)31(41)25-16-19(13-14-37-25)18-5-12-26(45-4)20(15-18)17-40(22-8-6-21(7-9-22)39(3)33(43)44)32(42)30-28(34)27-23(35)10-11-24(36)29(27)46-30/h5,10-16,21-22H,6-9,17H2,1-4H3,(H,43,44). The molecule has 0 bridgehead atoms. The van der Waals surface area contributed by atoms with Crippen LogP contribution in [0.2, 0.25) is 5.02 Å². The lowest BCUT2D eigenvalue weighted by Gasteiger charge is -2.39. The molecule has 1 aliphatic rings. The van der Waals surface area contributed by atoms with Crippen LogP contribution < -0.4 is 4.74 Å². The van der Waals surface area contributed by atoms with Crippen molar-refractivity contribution in [1.82, 2.24) is 19.7 Å². The first-order chi connectivity index (χ1) is 21.9. The van der Waals surface area contributed by atoms with Gasteiger partial charge in [0.1, 0.15) is 28.0 Å². The van der Waals surface area contributed by atoms with Crippen molar-refractivity contribution in [1.29, 1.82) is 0 Å². The lowest BCUT2D eigenvalue weighted by atomic mass is 9.89. The Labute approximate surface area is 273 Å². The summed E-state index contributed by atoms with van der Waals surface area (Å²) in [7, 11) is 6.34. The van der Waals surface area contributed by atoms with E-state index >= 15 is 0 Å². The first-order valence-corrected chi connectivity index (χ1v) is 15.8. The monoisotopic (exact) mass is 670 g/mol. The van der Waals surface area contributed by atoms with Crippen molar-refractivity contribution in [3.63, 3.8) is 0 Å². The molecule has 2 aromatic carbocycles. The average molecular weight is 671 g/mol. The highest BCUT2D eigenvalue weighted by molar-refractivity contribution is 7.21. The molecule has 1 N–H and O–H groups in total. The van der Waals surface area contributed by atoms with Crippen molar-refractivity contribution < 1.29 is 33.0 Å². The van der Waals surface area contributed by atoms with Gasteiger partial charge in [-0.15, -0.1) is 11.3 Å². The number of pyridine rings is 1. The van der Waals surface area contributed by atoms with Crippen LogP contribution in [-0.4, -0.2) is 83.0 Å². The molecule has 242 valence electrons. The Morgan fingerprint density at radius 1 is 0.957 bits per heavy atom. The van der Waals surface area contributed by atoms with Crippen molar-refractivity contribution >= 4 is 50.9 Å². The Bertz CT molecular complexity index is 1810. The van der Waals surface area contributed by atoms with E-state index in [1.54, 1.807) is 43.4 Å². The number of rotatable bonds is 8. The Kier molecular flexibility index (Phi) is 9.78. The quantitative estimate of drug-likeness (QED) is 0.213. The number of carboxylic acid groups (broad SMARTS) is 1. The molecule has 2 heterocycles. The fraction of sp³-hybridized carbons (Fsp3) is 0.333. The predicted molar refractivity (Wildman–Crippen MR) is 173 cm³/mol. The minimum Gasteiger partial charge on any atom is -0.496 e. The van der Waals surface area contributed by atoms with Crippen LogP contribution in [-0.2, 0) is 6.54 Å². The summed E-state index contributed by atoms with van der Waals surface area (Å²) in [4.78, 5) is 47.1. The molecule has 0 unspecified atom stereocenters. The van der Waals surface area contributed by atoms with Crippen molar-refractivity contribution in [2.75, 3.05) is 28.3 Å². The van der Waals surface area contributed by atoms with Crippen LogP contribution in [0.25, 0.3) is 21.2 Å². The molecule has 46 heavy (non-hydrogen) atoms. The lowest BCUT2D eigenvalue weighted by Crippen LogP contribution is -2.46. The van der Waals surface area contributed by atoms with Gasteiger partial charge in [-0.1, -0.05) is 17.7 Å². The summed E-state index contributed by atoms with van der Waals surface area (Å²) in [5.41, 5.74) is 2.43. The van der Waals surface area contributed by atoms with Crippen LogP contribution in [0.5, 0.6) is 5.75 Å². The molecule has 4 aromatic rings. The number of ether oxygens (including phenoxy) is 1. The molecule has 3 amide bonds. The van der Waals surface area contributed by atoms with E-state index in [2.05, 4.69) is 4.98 Å². The van der Waals surface area contributed by atoms with Crippen LogP contribution in [0.4, 0.5) is 13.6 Å². The number of halogens is 3. The van der Waals surface area contributed by atoms with Gasteiger partial charge in [0.05, 0.1) is 22.2 Å².